The lowest BCUT2D eigenvalue weighted by atomic mass is 9.88. The van der Waals surface area contributed by atoms with E-state index in [2.05, 4.69) is 24.5 Å². The molecule has 512 valence electrons. The number of unbranched alkanes of at least 4 members (excludes halogenated alkanes) is 31. The highest BCUT2D eigenvalue weighted by Crippen LogP contribution is 2.39. The summed E-state index contributed by atoms with van der Waals surface area (Å²) in [5, 5.41) is 136. The number of hydrogen-bond donors (Lipinski definition) is 14. The Bertz CT molecular complexity index is 1780. The second kappa shape index (κ2) is 45.9. The van der Waals surface area contributed by atoms with Gasteiger partial charge in [-0.15, -0.1) is 0 Å². The highest BCUT2D eigenvalue weighted by Gasteiger charge is 2.60. The van der Waals surface area contributed by atoms with Gasteiger partial charge in [0.15, 0.2) is 12.6 Å². The molecule has 2 amide bonds. The number of carboxylic acid groups (broad SMARTS) is 1. The second-order valence-electron chi connectivity index (χ2n) is 25.0. The molecule has 3 rings (SSSR count). The summed E-state index contributed by atoms with van der Waals surface area (Å²) in [7, 11) is 0. The number of carbonyl (C=O) groups is 3. The van der Waals surface area contributed by atoms with Gasteiger partial charge in [0.1, 0.15) is 67.1 Å². The van der Waals surface area contributed by atoms with E-state index in [1.54, 1.807) is 0 Å². The van der Waals surface area contributed by atoms with Crippen LogP contribution in [0.1, 0.15) is 252 Å². The van der Waals surface area contributed by atoms with Crippen LogP contribution in [0.5, 0.6) is 0 Å². The Morgan fingerprint density at radius 1 is 0.552 bits per heavy atom. The van der Waals surface area contributed by atoms with Gasteiger partial charge in [0.2, 0.25) is 11.8 Å². The number of carboxylic acids is 1. The monoisotopic (exact) mass is 1250 g/mol. The number of aliphatic hydroxyl groups is 11. The number of ether oxygens (including phenoxy) is 6. The van der Waals surface area contributed by atoms with Crippen molar-refractivity contribution in [3.63, 3.8) is 0 Å². The first-order chi connectivity index (χ1) is 41.9. The fraction of sp³-hybridized carbons (Fsp3) is 0.953. The molecule has 14 N–H and O–H groups in total. The van der Waals surface area contributed by atoms with Crippen LogP contribution in [0.15, 0.2) is 0 Å². The summed E-state index contributed by atoms with van der Waals surface area (Å²) in [6.45, 7) is 2.18. The zero-order valence-corrected chi connectivity index (χ0v) is 53.1. The Morgan fingerprint density at radius 3 is 1.44 bits per heavy atom. The predicted molar refractivity (Wildman–Crippen MR) is 325 cm³/mol. The molecule has 18 unspecified atom stereocenters. The van der Waals surface area contributed by atoms with E-state index in [0.29, 0.717) is 19.3 Å². The van der Waals surface area contributed by atoms with Crippen LogP contribution in [0.3, 0.4) is 0 Å². The minimum atomic E-state index is -3.08. The molecule has 3 fully saturated rings. The van der Waals surface area contributed by atoms with Crippen molar-refractivity contribution in [2.24, 2.45) is 0 Å². The molecule has 18 atom stereocenters. The standard InChI is InChI=1S/C64H120N2O21/c1-4-6-8-10-12-14-15-16-17-18-19-20-21-22-23-24-25-26-27-28-30-31-33-35-37-46(71)45(66-51(74)38-36-34-32-29-13-11-9-7-5-2)43-82-61-56(78)55(77)58(50(42-69)84-61)85-62-57(79)60(54(76)49(41-68)83-62)87-64(63(80)81)39-47(72)52(65-44(3)70)59(86-64)53(75)48(73)40-67/h45-50,52-62,67-69,71-73,75-79H,4-43H2,1-3H3,(H,65,70)(H,66,74)(H,80,81). The van der Waals surface area contributed by atoms with Gasteiger partial charge in [-0.2, -0.15) is 0 Å². The summed E-state index contributed by atoms with van der Waals surface area (Å²) in [4.78, 5) is 38.4. The van der Waals surface area contributed by atoms with Gasteiger partial charge in [0, 0.05) is 19.8 Å². The lowest BCUT2D eigenvalue weighted by molar-refractivity contribution is -0.386. The fourth-order valence-corrected chi connectivity index (χ4v) is 12.1. The maximum absolute atomic E-state index is 13.4. The van der Waals surface area contributed by atoms with Gasteiger partial charge >= 0.3 is 5.97 Å². The molecule has 0 saturated carbocycles. The van der Waals surface area contributed by atoms with E-state index in [9.17, 15) is 75.7 Å². The van der Waals surface area contributed by atoms with E-state index in [0.717, 1.165) is 58.3 Å². The molecule has 3 aliphatic heterocycles. The molecule has 0 bridgehead atoms. The Kier molecular flexibility index (Phi) is 41.7. The molecule has 0 aromatic rings. The van der Waals surface area contributed by atoms with Crippen molar-refractivity contribution in [3.8, 4) is 0 Å². The molecule has 23 nitrogen and oxygen atoms in total. The maximum Gasteiger partial charge on any atom is 0.364 e. The predicted octanol–water partition coefficient (Wildman–Crippen LogP) is 5.34. The molecule has 0 aliphatic carbocycles. The van der Waals surface area contributed by atoms with Crippen LogP contribution in [0, 0.1) is 0 Å². The lowest BCUT2D eigenvalue weighted by Crippen LogP contribution is -2.70. The molecule has 87 heavy (non-hydrogen) atoms. The fourth-order valence-electron chi connectivity index (χ4n) is 12.1. The van der Waals surface area contributed by atoms with Gasteiger partial charge in [-0.25, -0.2) is 4.79 Å². The topological polar surface area (TPSA) is 373 Å². The van der Waals surface area contributed by atoms with E-state index in [1.165, 1.54) is 148 Å². The Labute approximate surface area is 519 Å². The van der Waals surface area contributed by atoms with E-state index >= 15 is 0 Å². The summed E-state index contributed by atoms with van der Waals surface area (Å²) < 4.78 is 34.8. The number of rotatable bonds is 51. The third-order valence-corrected chi connectivity index (χ3v) is 17.6. The number of hydrogen-bond acceptors (Lipinski definition) is 20. The average Bonchev–Trinajstić information content (AvgIpc) is 0.933. The minimum absolute atomic E-state index is 0.226. The number of aliphatic carboxylic acids is 1. The average molecular weight is 1250 g/mol. The number of carbonyl (C=O) groups excluding carboxylic acids is 2. The SMILES string of the molecule is CCCCCCCCCCCCCCCCCCCCCCCCCCC(O)C(COC1OC(CO)C(OC2OC(CO)C(O)C(OC3(C(=O)O)CC(O)C(NC(C)=O)C(C(O)C(O)CO)O3)C2O)C(O)C1O)NC(=O)CCCCCCCCCCC. The summed E-state index contributed by atoms with van der Waals surface area (Å²) in [5.41, 5.74) is 0. The van der Waals surface area contributed by atoms with Crippen molar-refractivity contribution in [2.45, 2.75) is 362 Å². The quantitative estimate of drug-likeness (QED) is 0.0342. The largest absolute Gasteiger partial charge is 0.477 e. The Hall–Kier alpha value is -2.27. The van der Waals surface area contributed by atoms with Gasteiger partial charge in [-0.1, -0.05) is 219 Å². The second-order valence-corrected chi connectivity index (χ2v) is 25.0. The Morgan fingerprint density at radius 2 is 1.00 bits per heavy atom. The third kappa shape index (κ3) is 29.1. The summed E-state index contributed by atoms with van der Waals surface area (Å²) in [5.74, 6) is -6.10. The van der Waals surface area contributed by atoms with E-state index < -0.39 is 148 Å². The van der Waals surface area contributed by atoms with Crippen molar-refractivity contribution >= 4 is 17.8 Å². The van der Waals surface area contributed by atoms with Crippen LogP contribution in [0.25, 0.3) is 0 Å². The van der Waals surface area contributed by atoms with Crippen LogP contribution in [0.2, 0.25) is 0 Å². The molecule has 0 aromatic heterocycles. The third-order valence-electron chi connectivity index (χ3n) is 17.6. The molecule has 3 aliphatic rings. The first kappa shape index (κ1) is 79.0. The van der Waals surface area contributed by atoms with Gasteiger partial charge in [-0.3, -0.25) is 9.59 Å². The van der Waals surface area contributed by atoms with E-state index in [-0.39, 0.29) is 18.9 Å². The van der Waals surface area contributed by atoms with Crippen LogP contribution in [-0.4, -0.2) is 215 Å². The highest BCUT2D eigenvalue weighted by molar-refractivity contribution is 5.77. The van der Waals surface area contributed by atoms with Crippen molar-refractivity contribution < 1.29 is 104 Å². The number of amides is 2. The molecule has 0 aromatic carbocycles. The molecule has 3 heterocycles. The van der Waals surface area contributed by atoms with Gasteiger partial charge < -0.3 is 100 Å². The normalized spacial score (nSPS) is 29.1. The molecule has 23 heteroatoms. The van der Waals surface area contributed by atoms with Crippen molar-refractivity contribution in [2.75, 3.05) is 26.4 Å². The minimum Gasteiger partial charge on any atom is -0.477 e. The molecular formula is C64H120N2O21. The molecule has 0 radical (unpaired) electrons. The van der Waals surface area contributed by atoms with Gasteiger partial charge in [0.25, 0.3) is 5.79 Å². The van der Waals surface area contributed by atoms with Crippen molar-refractivity contribution in [3.05, 3.63) is 0 Å². The van der Waals surface area contributed by atoms with E-state index in [4.69, 9.17) is 28.4 Å². The van der Waals surface area contributed by atoms with Crippen LogP contribution in [0.4, 0.5) is 0 Å². The van der Waals surface area contributed by atoms with E-state index in [1.807, 2.05) is 0 Å². The smallest absolute Gasteiger partial charge is 0.364 e. The van der Waals surface area contributed by atoms with Crippen molar-refractivity contribution in [1.82, 2.24) is 10.6 Å². The lowest BCUT2D eigenvalue weighted by Gasteiger charge is -2.50. The maximum atomic E-state index is 13.4. The first-order valence-corrected chi connectivity index (χ1v) is 33.9. The molecular weight excluding hydrogens is 1130 g/mol. The van der Waals surface area contributed by atoms with Crippen LogP contribution >= 0.6 is 0 Å². The number of nitrogens with one attached hydrogen (secondary N) is 2. The summed E-state index contributed by atoms with van der Waals surface area (Å²) in [6.07, 6.45) is 11.4. The summed E-state index contributed by atoms with van der Waals surface area (Å²) >= 11 is 0. The van der Waals surface area contributed by atoms with Gasteiger partial charge in [-0.05, 0) is 12.8 Å². The zero-order chi connectivity index (χ0) is 64.0. The Balaban J connectivity index is 1.55. The molecule has 3 saturated heterocycles. The number of aliphatic hydroxyl groups excluding tert-OH is 11. The summed E-state index contributed by atoms with van der Waals surface area (Å²) in [6, 6.07) is -2.52. The molecule has 0 spiro atoms. The van der Waals surface area contributed by atoms with Gasteiger partial charge in [0.05, 0.1) is 50.7 Å². The van der Waals surface area contributed by atoms with Crippen molar-refractivity contribution in [1.29, 1.82) is 0 Å². The zero-order valence-electron chi connectivity index (χ0n) is 53.1. The van der Waals surface area contributed by atoms with Crippen LogP contribution < -0.4 is 10.6 Å². The van der Waals surface area contributed by atoms with Crippen LogP contribution in [-0.2, 0) is 42.8 Å². The highest BCUT2D eigenvalue weighted by atomic mass is 16.8. The first-order valence-electron chi connectivity index (χ1n) is 33.9.